The van der Waals surface area contributed by atoms with Gasteiger partial charge < -0.3 is 20.6 Å². The SMILES string of the molecule is C=C(NCC(F)(F)F)C1(CCCCN(C)CCC(CC)NC(O)CN=C(SC)C2=CCNC=C2)c2ccccc2-c2ccccc21. The fraction of sp³-hybridized carbons (Fsp3) is 0.472. The molecule has 6 nitrogen and oxygen atoms in total. The summed E-state index contributed by atoms with van der Waals surface area (Å²) in [6, 6.07) is 16.2. The molecule has 2 atom stereocenters. The van der Waals surface area contributed by atoms with Gasteiger partial charge >= 0.3 is 6.18 Å². The molecule has 2 aromatic rings. The summed E-state index contributed by atoms with van der Waals surface area (Å²) in [7, 11) is 2.10. The van der Waals surface area contributed by atoms with E-state index in [1.54, 1.807) is 11.8 Å². The zero-order chi connectivity index (χ0) is 33.2. The average molecular weight is 656 g/mol. The van der Waals surface area contributed by atoms with Crippen LogP contribution in [0.1, 0.15) is 50.2 Å². The van der Waals surface area contributed by atoms with Crippen LogP contribution in [0.25, 0.3) is 11.1 Å². The van der Waals surface area contributed by atoms with Crippen molar-refractivity contribution in [3.8, 4) is 11.1 Å². The van der Waals surface area contributed by atoms with Crippen molar-refractivity contribution in [2.24, 2.45) is 4.99 Å². The van der Waals surface area contributed by atoms with Crippen molar-refractivity contribution in [3.63, 3.8) is 0 Å². The first-order chi connectivity index (χ1) is 22.1. The molecule has 0 spiro atoms. The van der Waals surface area contributed by atoms with Crippen LogP contribution in [0, 0.1) is 0 Å². The van der Waals surface area contributed by atoms with Crippen molar-refractivity contribution in [2.75, 3.05) is 46.0 Å². The number of allylic oxidation sites excluding steroid dienone is 2. The van der Waals surface area contributed by atoms with E-state index in [9.17, 15) is 18.3 Å². The average Bonchev–Trinajstić information content (AvgIpc) is 3.35. The first-order valence-electron chi connectivity index (χ1n) is 16.1. The first kappa shape index (κ1) is 35.8. The summed E-state index contributed by atoms with van der Waals surface area (Å²) in [6.07, 6.45) is 7.08. The van der Waals surface area contributed by atoms with Gasteiger partial charge in [0.25, 0.3) is 0 Å². The van der Waals surface area contributed by atoms with Crippen molar-refractivity contribution in [2.45, 2.75) is 62.9 Å². The van der Waals surface area contributed by atoms with Crippen LogP contribution in [0.15, 0.2) is 89.7 Å². The number of fused-ring (bicyclic) bond motifs is 3. The lowest BCUT2D eigenvalue weighted by Gasteiger charge is -2.35. The molecule has 0 aromatic heterocycles. The van der Waals surface area contributed by atoms with Crippen LogP contribution in [-0.2, 0) is 5.41 Å². The second-order valence-electron chi connectivity index (χ2n) is 12.0. The molecule has 250 valence electrons. The number of benzene rings is 2. The molecule has 0 radical (unpaired) electrons. The number of nitrogens with zero attached hydrogens (tertiary/aromatic N) is 2. The van der Waals surface area contributed by atoms with Gasteiger partial charge in [-0.05, 0) is 86.6 Å². The van der Waals surface area contributed by atoms with Crippen LogP contribution in [0.3, 0.4) is 0 Å². The number of rotatable bonds is 17. The largest absolute Gasteiger partial charge is 0.405 e. The zero-order valence-corrected chi connectivity index (χ0v) is 28.0. The number of unbranched alkanes of at least 4 members (excludes halogenated alkanes) is 1. The Morgan fingerprint density at radius 2 is 1.78 bits per heavy atom. The third kappa shape index (κ3) is 9.06. The van der Waals surface area contributed by atoms with Gasteiger partial charge in [0.1, 0.15) is 12.8 Å². The monoisotopic (exact) mass is 655 g/mol. The van der Waals surface area contributed by atoms with Crippen molar-refractivity contribution < 1.29 is 18.3 Å². The van der Waals surface area contributed by atoms with Gasteiger partial charge in [0.2, 0.25) is 0 Å². The highest BCUT2D eigenvalue weighted by atomic mass is 32.2. The molecule has 0 saturated carbocycles. The minimum atomic E-state index is -4.33. The quantitative estimate of drug-likeness (QED) is 0.0667. The van der Waals surface area contributed by atoms with E-state index in [0.29, 0.717) is 12.1 Å². The van der Waals surface area contributed by atoms with Crippen molar-refractivity contribution in [3.05, 3.63) is 95.9 Å². The highest BCUT2D eigenvalue weighted by molar-refractivity contribution is 8.13. The summed E-state index contributed by atoms with van der Waals surface area (Å²) in [4.78, 5) is 6.93. The Labute approximate surface area is 276 Å². The lowest BCUT2D eigenvalue weighted by Crippen LogP contribution is -2.41. The maximum Gasteiger partial charge on any atom is 0.405 e. The lowest BCUT2D eigenvalue weighted by atomic mass is 9.72. The fourth-order valence-electron chi connectivity index (χ4n) is 6.47. The number of aliphatic hydroxyl groups is 1. The summed E-state index contributed by atoms with van der Waals surface area (Å²) in [5, 5.41) is 20.7. The van der Waals surface area contributed by atoms with Crippen LogP contribution in [0.4, 0.5) is 13.2 Å². The summed E-state index contributed by atoms with van der Waals surface area (Å²) in [6.45, 7) is 7.98. The lowest BCUT2D eigenvalue weighted by molar-refractivity contribution is -0.123. The van der Waals surface area contributed by atoms with Crippen LogP contribution in [-0.4, -0.2) is 79.5 Å². The smallest absolute Gasteiger partial charge is 0.387 e. The number of aliphatic imine (C=N–C) groups is 1. The molecule has 2 aliphatic rings. The standard InChI is InChI=1S/C36H48F3N5OS/c1-5-28(43-33(45)24-41-34(46-4)27-16-20-40-21-17-27)18-23-44(3)22-11-10-19-35(26(2)42-25-36(37,38)39)31-14-8-6-12-29(31)30-13-7-9-15-32(30)35/h6-9,12-17,20,28,33,40,42-43,45H,2,5,10-11,18-19,21-25H2,1,3-4H3. The molecular formula is C36H48F3N5OS. The van der Waals surface area contributed by atoms with E-state index in [4.69, 9.17) is 0 Å². The molecule has 4 N–H and O–H groups in total. The molecule has 2 unspecified atom stereocenters. The van der Waals surface area contributed by atoms with E-state index in [2.05, 4.69) is 52.5 Å². The number of hydrogen-bond donors (Lipinski definition) is 4. The Morgan fingerprint density at radius 1 is 1.11 bits per heavy atom. The minimum absolute atomic E-state index is 0.154. The molecule has 1 aliphatic carbocycles. The normalized spacial score (nSPS) is 16.8. The molecule has 2 aromatic carbocycles. The molecule has 10 heteroatoms. The molecule has 4 rings (SSSR count). The fourth-order valence-corrected chi connectivity index (χ4v) is 7.06. The van der Waals surface area contributed by atoms with E-state index >= 15 is 0 Å². The second-order valence-corrected chi connectivity index (χ2v) is 12.8. The van der Waals surface area contributed by atoms with Gasteiger partial charge in [0.05, 0.1) is 17.0 Å². The summed E-state index contributed by atoms with van der Waals surface area (Å²) in [5.74, 6) is 0. The molecule has 0 amide bonds. The van der Waals surface area contributed by atoms with Crippen LogP contribution < -0.4 is 16.0 Å². The number of thioether (sulfide) groups is 1. The van der Waals surface area contributed by atoms with Gasteiger partial charge in [-0.1, -0.05) is 74.5 Å². The topological polar surface area (TPSA) is 71.9 Å². The number of alkyl halides is 3. The zero-order valence-electron chi connectivity index (χ0n) is 27.2. The second kappa shape index (κ2) is 16.7. The summed E-state index contributed by atoms with van der Waals surface area (Å²) < 4.78 is 39.8. The van der Waals surface area contributed by atoms with Gasteiger partial charge in [-0.3, -0.25) is 10.3 Å². The number of halogens is 3. The molecule has 1 heterocycles. The number of hydrogen-bond acceptors (Lipinski definition) is 7. The van der Waals surface area contributed by atoms with E-state index in [0.717, 1.165) is 78.2 Å². The highest BCUT2D eigenvalue weighted by Crippen LogP contribution is 2.54. The van der Waals surface area contributed by atoms with Gasteiger partial charge in [-0.2, -0.15) is 13.2 Å². The van der Waals surface area contributed by atoms with E-state index in [-0.39, 0.29) is 12.6 Å². The van der Waals surface area contributed by atoms with Gasteiger partial charge in [0, 0.05) is 23.9 Å². The third-order valence-corrected chi connectivity index (χ3v) is 9.62. The Bertz CT molecular complexity index is 1360. The molecule has 1 aliphatic heterocycles. The van der Waals surface area contributed by atoms with E-state index in [1.807, 2.05) is 67.1 Å². The first-order valence-corrected chi connectivity index (χ1v) is 17.3. The minimum Gasteiger partial charge on any atom is -0.387 e. The predicted octanol–water partition coefficient (Wildman–Crippen LogP) is 6.60. The maximum absolute atomic E-state index is 13.3. The van der Waals surface area contributed by atoms with Crippen molar-refractivity contribution >= 4 is 16.8 Å². The Kier molecular flexibility index (Phi) is 13.0. The summed E-state index contributed by atoms with van der Waals surface area (Å²) in [5.41, 5.74) is 4.87. The van der Waals surface area contributed by atoms with Gasteiger partial charge in [0.15, 0.2) is 0 Å². The molecular weight excluding hydrogens is 607 g/mol. The Morgan fingerprint density at radius 3 is 2.37 bits per heavy atom. The van der Waals surface area contributed by atoms with Crippen LogP contribution in [0.5, 0.6) is 0 Å². The molecule has 0 fully saturated rings. The molecule has 0 saturated heterocycles. The predicted molar refractivity (Wildman–Crippen MR) is 186 cm³/mol. The number of aliphatic hydroxyl groups excluding tert-OH is 1. The molecule has 46 heavy (non-hydrogen) atoms. The molecule has 0 bridgehead atoms. The van der Waals surface area contributed by atoms with Gasteiger partial charge in [-0.25, -0.2) is 0 Å². The summed E-state index contributed by atoms with van der Waals surface area (Å²) >= 11 is 1.58. The van der Waals surface area contributed by atoms with E-state index in [1.165, 1.54) is 0 Å². The van der Waals surface area contributed by atoms with E-state index < -0.39 is 24.4 Å². The van der Waals surface area contributed by atoms with Crippen molar-refractivity contribution in [1.82, 2.24) is 20.9 Å². The van der Waals surface area contributed by atoms with Crippen molar-refractivity contribution in [1.29, 1.82) is 0 Å². The number of nitrogens with one attached hydrogen (secondary N) is 3. The van der Waals surface area contributed by atoms with Crippen LogP contribution >= 0.6 is 11.8 Å². The highest BCUT2D eigenvalue weighted by Gasteiger charge is 2.45. The third-order valence-electron chi connectivity index (χ3n) is 8.87. The Balaban J connectivity index is 1.31. The van der Waals surface area contributed by atoms with Gasteiger partial charge in [-0.15, -0.1) is 11.8 Å². The maximum atomic E-state index is 13.3. The number of dihydropyridines is 1. The Hall–Kier alpha value is -3.05. The van der Waals surface area contributed by atoms with Crippen LogP contribution in [0.2, 0.25) is 0 Å².